The molecule has 1 aliphatic heterocycles. The molecule has 7 heteroatoms. The van der Waals surface area contributed by atoms with Crippen LogP contribution in [0.25, 0.3) is 0 Å². The van der Waals surface area contributed by atoms with Gasteiger partial charge in [-0.05, 0) is 19.1 Å². The van der Waals surface area contributed by atoms with Crippen LogP contribution in [-0.2, 0) is 9.53 Å². The number of halogens is 1. The molecule has 1 unspecified atom stereocenters. The van der Waals surface area contributed by atoms with Crippen LogP contribution in [-0.4, -0.2) is 35.5 Å². The number of hydrogen-bond donors (Lipinski definition) is 1. The predicted octanol–water partition coefficient (Wildman–Crippen LogP) is 0.270. The highest BCUT2D eigenvalue weighted by Crippen LogP contribution is 2.27. The Morgan fingerprint density at radius 3 is 2.63 bits per heavy atom. The molecular weight excluding hydrogens is 255 g/mol. The molecule has 1 aliphatic rings. The quantitative estimate of drug-likeness (QED) is 0.792. The Hall–Kier alpha value is -2.28. The van der Waals surface area contributed by atoms with Crippen LogP contribution in [0.3, 0.4) is 0 Å². The van der Waals surface area contributed by atoms with Gasteiger partial charge in [-0.1, -0.05) is 6.07 Å². The number of amides is 3. The highest BCUT2D eigenvalue weighted by molar-refractivity contribution is 6.22. The van der Waals surface area contributed by atoms with E-state index in [1.807, 2.05) is 0 Å². The minimum Gasteiger partial charge on any atom is -0.366 e. The topological polar surface area (TPSA) is 89.7 Å². The number of carbonyl (C=O) groups excluding carboxylic acids is 3. The minimum atomic E-state index is -1.53. The number of ether oxygens (including phenoxy) is 1. The molecule has 6 nitrogen and oxygen atoms in total. The van der Waals surface area contributed by atoms with E-state index in [-0.39, 0.29) is 17.7 Å². The third kappa shape index (κ3) is 1.97. The number of nitrogens with zero attached hydrogens (tertiary/aromatic N) is 1. The normalized spacial score (nSPS) is 15.6. The zero-order chi connectivity index (χ0) is 14.2. The van der Waals surface area contributed by atoms with Crippen molar-refractivity contribution in [3.05, 3.63) is 35.1 Å². The maximum atomic E-state index is 13.6. The Labute approximate surface area is 107 Å². The average Bonchev–Trinajstić information content (AvgIpc) is 2.60. The molecule has 19 heavy (non-hydrogen) atoms. The molecule has 1 atom stereocenters. The Kier molecular flexibility index (Phi) is 3.30. The molecule has 2 N–H and O–H groups in total. The first-order valence-electron chi connectivity index (χ1n) is 5.56. The molecule has 0 spiro atoms. The summed E-state index contributed by atoms with van der Waals surface area (Å²) in [7, 11) is 0. The predicted molar refractivity (Wildman–Crippen MR) is 61.5 cm³/mol. The summed E-state index contributed by atoms with van der Waals surface area (Å²) in [6.45, 7) is 1.65. The van der Waals surface area contributed by atoms with Crippen LogP contribution in [0.4, 0.5) is 4.39 Å². The van der Waals surface area contributed by atoms with Crippen molar-refractivity contribution in [2.45, 2.75) is 13.2 Å². The van der Waals surface area contributed by atoms with Gasteiger partial charge in [0.2, 0.25) is 6.23 Å². The summed E-state index contributed by atoms with van der Waals surface area (Å²) in [5.74, 6) is -3.53. The van der Waals surface area contributed by atoms with Gasteiger partial charge in [0.05, 0.1) is 11.1 Å². The smallest absolute Gasteiger partial charge is 0.268 e. The molecule has 0 radical (unpaired) electrons. The average molecular weight is 266 g/mol. The van der Waals surface area contributed by atoms with E-state index in [4.69, 9.17) is 10.5 Å². The number of fused-ring (bicyclic) bond motifs is 1. The Morgan fingerprint density at radius 1 is 1.42 bits per heavy atom. The summed E-state index contributed by atoms with van der Waals surface area (Å²) in [6, 6.07) is 3.68. The molecule has 1 aromatic rings. The first-order chi connectivity index (χ1) is 8.99. The van der Waals surface area contributed by atoms with E-state index in [1.165, 1.54) is 12.1 Å². The first kappa shape index (κ1) is 13.2. The molecule has 3 amide bonds. The van der Waals surface area contributed by atoms with E-state index in [2.05, 4.69) is 0 Å². The van der Waals surface area contributed by atoms with Gasteiger partial charge < -0.3 is 10.5 Å². The van der Waals surface area contributed by atoms with E-state index in [0.717, 1.165) is 6.07 Å². The lowest BCUT2D eigenvalue weighted by Crippen LogP contribution is -2.49. The van der Waals surface area contributed by atoms with Gasteiger partial charge >= 0.3 is 0 Å². The molecule has 1 heterocycles. The molecule has 0 fully saturated rings. The van der Waals surface area contributed by atoms with Crippen molar-refractivity contribution in [1.29, 1.82) is 0 Å². The molecular formula is C12H11FN2O4. The van der Waals surface area contributed by atoms with Crippen LogP contribution >= 0.6 is 0 Å². The zero-order valence-electron chi connectivity index (χ0n) is 10.1. The summed E-state index contributed by atoms with van der Waals surface area (Å²) in [4.78, 5) is 35.9. The Morgan fingerprint density at radius 2 is 2.11 bits per heavy atom. The van der Waals surface area contributed by atoms with Crippen molar-refractivity contribution < 1.29 is 23.5 Å². The van der Waals surface area contributed by atoms with E-state index in [0.29, 0.717) is 4.90 Å². The number of nitrogens with two attached hydrogens (primary N) is 1. The molecule has 0 saturated heterocycles. The van der Waals surface area contributed by atoms with Crippen molar-refractivity contribution in [1.82, 2.24) is 4.90 Å². The monoisotopic (exact) mass is 266 g/mol. The fourth-order valence-corrected chi connectivity index (χ4v) is 1.92. The number of benzene rings is 1. The van der Waals surface area contributed by atoms with E-state index < -0.39 is 29.8 Å². The highest BCUT2D eigenvalue weighted by atomic mass is 19.1. The largest absolute Gasteiger partial charge is 0.366 e. The second-order valence-electron chi connectivity index (χ2n) is 3.85. The second-order valence-corrected chi connectivity index (χ2v) is 3.85. The number of rotatable bonds is 4. The van der Waals surface area contributed by atoms with Gasteiger partial charge in [-0.2, -0.15) is 0 Å². The van der Waals surface area contributed by atoms with E-state index in [1.54, 1.807) is 6.92 Å². The molecule has 1 aromatic carbocycles. The van der Waals surface area contributed by atoms with Gasteiger partial charge in [0.1, 0.15) is 5.82 Å². The first-order valence-corrected chi connectivity index (χ1v) is 5.56. The maximum absolute atomic E-state index is 13.6. The van der Waals surface area contributed by atoms with Crippen LogP contribution in [0.2, 0.25) is 0 Å². The lowest BCUT2D eigenvalue weighted by Gasteiger charge is -2.22. The van der Waals surface area contributed by atoms with Gasteiger partial charge in [0.15, 0.2) is 0 Å². The molecule has 100 valence electrons. The minimum absolute atomic E-state index is 0.0729. The van der Waals surface area contributed by atoms with Crippen LogP contribution in [0.15, 0.2) is 18.2 Å². The van der Waals surface area contributed by atoms with Crippen molar-refractivity contribution in [2.75, 3.05) is 6.61 Å². The molecule has 0 bridgehead atoms. The standard InChI is InChI=1S/C12H11FN2O4/c1-2-19-12(9(14)16)15-10(17)6-4-3-5-7(13)8(6)11(15)18/h3-5,12H,2H2,1H3,(H2,14,16). The summed E-state index contributed by atoms with van der Waals surface area (Å²) in [5, 5.41) is 0. The number of imide groups is 1. The number of carbonyl (C=O) groups is 3. The Bertz CT molecular complexity index is 573. The van der Waals surface area contributed by atoms with Crippen LogP contribution in [0.1, 0.15) is 27.6 Å². The summed E-state index contributed by atoms with van der Waals surface area (Å²) >= 11 is 0. The van der Waals surface area contributed by atoms with Gasteiger partial charge in [-0.15, -0.1) is 0 Å². The summed E-state index contributed by atoms with van der Waals surface area (Å²) in [5.41, 5.74) is 4.63. The highest BCUT2D eigenvalue weighted by Gasteiger charge is 2.44. The van der Waals surface area contributed by atoms with Crippen molar-refractivity contribution >= 4 is 17.7 Å². The van der Waals surface area contributed by atoms with Crippen molar-refractivity contribution in [2.24, 2.45) is 5.73 Å². The fraction of sp³-hybridized carbons (Fsp3) is 0.250. The van der Waals surface area contributed by atoms with Gasteiger partial charge in [-0.25, -0.2) is 9.29 Å². The lowest BCUT2D eigenvalue weighted by atomic mass is 10.1. The Balaban J connectivity index is 2.47. The van der Waals surface area contributed by atoms with E-state index in [9.17, 15) is 18.8 Å². The molecule has 2 rings (SSSR count). The number of primary amides is 1. The van der Waals surface area contributed by atoms with Gasteiger partial charge in [0, 0.05) is 6.61 Å². The summed E-state index contributed by atoms with van der Waals surface area (Å²) in [6.07, 6.45) is -1.53. The van der Waals surface area contributed by atoms with Crippen molar-refractivity contribution in [3.63, 3.8) is 0 Å². The third-order valence-corrected chi connectivity index (χ3v) is 2.70. The van der Waals surface area contributed by atoms with E-state index >= 15 is 0 Å². The van der Waals surface area contributed by atoms with Gasteiger partial charge in [0.25, 0.3) is 17.7 Å². The van der Waals surface area contributed by atoms with Crippen LogP contribution in [0, 0.1) is 5.82 Å². The second kappa shape index (κ2) is 4.77. The fourth-order valence-electron chi connectivity index (χ4n) is 1.92. The molecule has 0 saturated carbocycles. The SMILES string of the molecule is CCOC(C(N)=O)N1C(=O)c2cccc(F)c2C1=O. The maximum Gasteiger partial charge on any atom is 0.268 e. The summed E-state index contributed by atoms with van der Waals surface area (Å²) < 4.78 is 18.6. The zero-order valence-corrected chi connectivity index (χ0v) is 10.1. The van der Waals surface area contributed by atoms with Gasteiger partial charge in [-0.3, -0.25) is 14.4 Å². The number of hydrogen-bond acceptors (Lipinski definition) is 4. The third-order valence-electron chi connectivity index (χ3n) is 2.70. The lowest BCUT2D eigenvalue weighted by molar-refractivity contribution is -0.136. The molecule has 0 aromatic heterocycles. The molecule has 0 aliphatic carbocycles. The van der Waals surface area contributed by atoms with Crippen LogP contribution in [0.5, 0.6) is 0 Å². The van der Waals surface area contributed by atoms with Crippen LogP contribution < -0.4 is 5.73 Å². The van der Waals surface area contributed by atoms with Crippen molar-refractivity contribution in [3.8, 4) is 0 Å².